The highest BCUT2D eigenvalue weighted by Gasteiger charge is 2.13. The lowest BCUT2D eigenvalue weighted by Crippen LogP contribution is -2.41. The van der Waals surface area contributed by atoms with Crippen LogP contribution in [0.15, 0.2) is 0 Å². The Kier molecular flexibility index (Phi) is 8.33. The summed E-state index contributed by atoms with van der Waals surface area (Å²) in [5, 5.41) is 11.7. The van der Waals surface area contributed by atoms with Crippen molar-refractivity contribution in [3.8, 4) is 0 Å². The number of carbonyl (C=O) groups excluding carboxylic acids is 1. The normalized spacial score (nSPS) is 11.1. The molecule has 0 bridgehead atoms. The Hall–Kier alpha value is -0.610. The Morgan fingerprint density at radius 3 is 2.33 bits per heavy atom. The Morgan fingerprint density at radius 1 is 1.33 bits per heavy atom. The van der Waals surface area contributed by atoms with Gasteiger partial charge in [0.15, 0.2) is 0 Å². The molecule has 0 aromatic rings. The van der Waals surface area contributed by atoms with Gasteiger partial charge in [-0.1, -0.05) is 13.8 Å². The summed E-state index contributed by atoms with van der Waals surface area (Å²) >= 11 is 0. The standard InChI is InChI=1S/C11H24N2O2/c1-4-11(5-2)13(8-9-14)7-6-12-10(3)15/h11,14H,4-9H2,1-3H3,(H,12,15). The van der Waals surface area contributed by atoms with E-state index in [1.807, 2.05) is 0 Å². The number of hydrogen-bond acceptors (Lipinski definition) is 3. The number of amides is 1. The first-order chi connectivity index (χ1) is 7.15. The van der Waals surface area contributed by atoms with Crippen LogP contribution < -0.4 is 5.32 Å². The number of nitrogens with zero attached hydrogens (tertiary/aromatic N) is 1. The molecule has 4 heteroatoms. The van der Waals surface area contributed by atoms with Gasteiger partial charge in [-0.15, -0.1) is 0 Å². The third-order valence-electron chi connectivity index (χ3n) is 2.62. The summed E-state index contributed by atoms with van der Waals surface area (Å²) in [6.45, 7) is 8.15. The average Bonchev–Trinajstić information content (AvgIpc) is 2.19. The van der Waals surface area contributed by atoms with E-state index in [4.69, 9.17) is 5.11 Å². The lowest BCUT2D eigenvalue weighted by Gasteiger charge is -2.29. The molecule has 0 saturated heterocycles. The Labute approximate surface area is 92.7 Å². The van der Waals surface area contributed by atoms with E-state index in [0.717, 1.165) is 19.4 Å². The van der Waals surface area contributed by atoms with E-state index < -0.39 is 0 Å². The number of hydrogen-bond donors (Lipinski definition) is 2. The lowest BCUT2D eigenvalue weighted by atomic mass is 10.1. The van der Waals surface area contributed by atoms with Gasteiger partial charge in [0.2, 0.25) is 5.91 Å². The van der Waals surface area contributed by atoms with E-state index in [1.54, 1.807) is 0 Å². The van der Waals surface area contributed by atoms with Gasteiger partial charge in [-0.3, -0.25) is 9.69 Å². The minimum Gasteiger partial charge on any atom is -0.395 e. The first-order valence-corrected chi connectivity index (χ1v) is 5.75. The van der Waals surface area contributed by atoms with Crippen molar-refractivity contribution in [2.45, 2.75) is 39.7 Å². The molecular formula is C11H24N2O2. The van der Waals surface area contributed by atoms with Crippen LogP contribution in [0.3, 0.4) is 0 Å². The van der Waals surface area contributed by atoms with E-state index in [-0.39, 0.29) is 12.5 Å². The third-order valence-corrected chi connectivity index (χ3v) is 2.62. The van der Waals surface area contributed by atoms with Crippen molar-refractivity contribution in [2.24, 2.45) is 0 Å². The van der Waals surface area contributed by atoms with Crippen molar-refractivity contribution < 1.29 is 9.90 Å². The topological polar surface area (TPSA) is 52.6 Å². The minimum absolute atomic E-state index is 0.00324. The average molecular weight is 216 g/mol. The smallest absolute Gasteiger partial charge is 0.216 e. The van der Waals surface area contributed by atoms with Crippen LogP contribution in [0.1, 0.15) is 33.6 Å². The molecule has 0 unspecified atom stereocenters. The van der Waals surface area contributed by atoms with Crippen LogP contribution in [0.2, 0.25) is 0 Å². The molecule has 90 valence electrons. The maximum atomic E-state index is 10.7. The zero-order chi connectivity index (χ0) is 11.7. The quantitative estimate of drug-likeness (QED) is 0.625. The van der Waals surface area contributed by atoms with Gasteiger partial charge >= 0.3 is 0 Å². The zero-order valence-electron chi connectivity index (χ0n) is 10.1. The number of carbonyl (C=O) groups is 1. The molecule has 0 aliphatic carbocycles. The van der Waals surface area contributed by atoms with E-state index in [2.05, 4.69) is 24.1 Å². The van der Waals surface area contributed by atoms with Gasteiger partial charge < -0.3 is 10.4 Å². The molecule has 15 heavy (non-hydrogen) atoms. The molecule has 0 radical (unpaired) electrons. The minimum atomic E-state index is 0.00324. The predicted molar refractivity (Wildman–Crippen MR) is 61.7 cm³/mol. The summed E-state index contributed by atoms with van der Waals surface area (Å²) in [6.07, 6.45) is 2.16. The van der Waals surface area contributed by atoms with Crippen LogP contribution >= 0.6 is 0 Å². The number of rotatable bonds is 8. The van der Waals surface area contributed by atoms with Crippen molar-refractivity contribution >= 4 is 5.91 Å². The van der Waals surface area contributed by atoms with Crippen LogP contribution in [0, 0.1) is 0 Å². The molecule has 0 aromatic carbocycles. The zero-order valence-corrected chi connectivity index (χ0v) is 10.1. The lowest BCUT2D eigenvalue weighted by molar-refractivity contribution is -0.119. The highest BCUT2D eigenvalue weighted by molar-refractivity contribution is 5.72. The van der Waals surface area contributed by atoms with Gasteiger partial charge in [0.25, 0.3) is 0 Å². The second-order valence-electron chi connectivity index (χ2n) is 3.71. The third kappa shape index (κ3) is 6.47. The predicted octanol–water partition coefficient (Wildman–Crippen LogP) is 0.605. The molecule has 0 heterocycles. The fourth-order valence-corrected chi connectivity index (χ4v) is 1.79. The van der Waals surface area contributed by atoms with Crippen LogP contribution in [0.25, 0.3) is 0 Å². The molecular weight excluding hydrogens is 192 g/mol. The Morgan fingerprint density at radius 2 is 1.93 bits per heavy atom. The molecule has 0 aliphatic rings. The molecule has 4 nitrogen and oxygen atoms in total. The molecule has 1 amide bonds. The fourth-order valence-electron chi connectivity index (χ4n) is 1.79. The summed E-state index contributed by atoms with van der Waals surface area (Å²) in [6, 6.07) is 0.505. The van der Waals surface area contributed by atoms with Crippen LogP contribution in [0.5, 0.6) is 0 Å². The van der Waals surface area contributed by atoms with Gasteiger partial charge in [0.1, 0.15) is 0 Å². The Balaban J connectivity index is 3.96. The molecule has 0 fully saturated rings. The van der Waals surface area contributed by atoms with E-state index in [9.17, 15) is 4.79 Å². The maximum Gasteiger partial charge on any atom is 0.216 e. The number of aliphatic hydroxyl groups is 1. The second-order valence-corrected chi connectivity index (χ2v) is 3.71. The van der Waals surface area contributed by atoms with Gasteiger partial charge in [0.05, 0.1) is 6.61 Å². The molecule has 2 N–H and O–H groups in total. The first kappa shape index (κ1) is 14.4. The molecule has 0 atom stereocenters. The van der Waals surface area contributed by atoms with Crippen molar-refractivity contribution in [1.82, 2.24) is 10.2 Å². The van der Waals surface area contributed by atoms with Crippen LogP contribution in [-0.2, 0) is 4.79 Å². The molecule has 0 spiro atoms. The number of nitrogens with one attached hydrogen (secondary N) is 1. The fraction of sp³-hybridized carbons (Fsp3) is 0.909. The molecule has 0 saturated carbocycles. The van der Waals surface area contributed by atoms with Gasteiger partial charge in [-0.05, 0) is 12.8 Å². The Bertz CT molecular complexity index is 170. The maximum absolute atomic E-state index is 10.7. The largest absolute Gasteiger partial charge is 0.395 e. The van der Waals surface area contributed by atoms with Crippen molar-refractivity contribution in [3.63, 3.8) is 0 Å². The molecule has 0 aromatic heterocycles. The summed E-state index contributed by atoms with van der Waals surface area (Å²) in [5.74, 6) is 0.00324. The van der Waals surface area contributed by atoms with Gasteiger partial charge in [0, 0.05) is 32.6 Å². The summed E-state index contributed by atoms with van der Waals surface area (Å²) in [7, 11) is 0. The highest BCUT2D eigenvalue weighted by atomic mass is 16.3. The highest BCUT2D eigenvalue weighted by Crippen LogP contribution is 2.07. The number of aliphatic hydroxyl groups excluding tert-OH is 1. The van der Waals surface area contributed by atoms with Gasteiger partial charge in [-0.2, -0.15) is 0 Å². The first-order valence-electron chi connectivity index (χ1n) is 5.75. The van der Waals surface area contributed by atoms with E-state index in [0.29, 0.717) is 19.1 Å². The van der Waals surface area contributed by atoms with Crippen LogP contribution in [-0.4, -0.2) is 48.2 Å². The van der Waals surface area contributed by atoms with Gasteiger partial charge in [-0.25, -0.2) is 0 Å². The van der Waals surface area contributed by atoms with Crippen molar-refractivity contribution in [2.75, 3.05) is 26.2 Å². The summed E-state index contributed by atoms with van der Waals surface area (Å²) < 4.78 is 0. The molecule has 0 aliphatic heterocycles. The summed E-state index contributed by atoms with van der Waals surface area (Å²) in [4.78, 5) is 12.9. The van der Waals surface area contributed by atoms with Crippen molar-refractivity contribution in [1.29, 1.82) is 0 Å². The van der Waals surface area contributed by atoms with Crippen molar-refractivity contribution in [3.05, 3.63) is 0 Å². The second kappa shape index (κ2) is 8.68. The molecule has 0 rings (SSSR count). The van der Waals surface area contributed by atoms with Crippen LogP contribution in [0.4, 0.5) is 0 Å². The van der Waals surface area contributed by atoms with E-state index in [1.165, 1.54) is 6.92 Å². The van der Waals surface area contributed by atoms with E-state index >= 15 is 0 Å². The summed E-state index contributed by atoms with van der Waals surface area (Å²) in [5.41, 5.74) is 0. The SMILES string of the molecule is CCC(CC)N(CCO)CCNC(C)=O. The monoisotopic (exact) mass is 216 g/mol.